The highest BCUT2D eigenvalue weighted by Crippen LogP contribution is 2.01. The molecule has 2 nitrogen and oxygen atoms in total. The average Bonchev–Trinajstić information content (AvgIpc) is 1.99. The Morgan fingerprint density at radius 3 is 2.60 bits per heavy atom. The Morgan fingerprint density at radius 1 is 1.70 bits per heavy atom. The number of methoxy groups -OCH3 is 1. The lowest BCUT2D eigenvalue weighted by Gasteiger charge is -1.98. The fourth-order valence-electron chi connectivity index (χ4n) is 0.604. The van der Waals surface area contributed by atoms with Crippen molar-refractivity contribution in [2.45, 2.75) is 13.3 Å². The van der Waals surface area contributed by atoms with Crippen LogP contribution in [0.4, 0.5) is 0 Å². The minimum atomic E-state index is -0.276. The Hall–Kier alpha value is -1.05. The summed E-state index contributed by atoms with van der Waals surface area (Å²) >= 11 is 0. The van der Waals surface area contributed by atoms with E-state index in [0.29, 0.717) is 12.0 Å². The molecular formula is C8H12O2. The molecule has 0 aromatic heterocycles. The number of hydrogen-bond acceptors (Lipinski definition) is 2. The van der Waals surface area contributed by atoms with Crippen molar-refractivity contribution in [3.8, 4) is 0 Å². The second-order valence-electron chi connectivity index (χ2n) is 1.77. The zero-order valence-corrected chi connectivity index (χ0v) is 6.39. The number of allylic oxidation sites excluding steroid dienone is 2. The SMILES string of the molecule is C=CC=C(CC)C(=O)OC. The molecule has 0 amide bonds. The Balaban J connectivity index is 4.19. The minimum absolute atomic E-state index is 0.276. The molecule has 0 aliphatic rings. The first-order valence-electron chi connectivity index (χ1n) is 3.16. The number of ether oxygens (including phenoxy) is 1. The standard InChI is InChI=1S/C8H12O2/c1-4-6-7(5-2)8(9)10-3/h4,6H,1,5H2,2-3H3. The highest BCUT2D eigenvalue weighted by atomic mass is 16.5. The fourth-order valence-corrected chi connectivity index (χ4v) is 0.604. The molecule has 0 saturated carbocycles. The molecule has 0 unspecified atom stereocenters. The van der Waals surface area contributed by atoms with E-state index in [1.165, 1.54) is 7.11 Å². The van der Waals surface area contributed by atoms with Gasteiger partial charge in [0.05, 0.1) is 7.11 Å². The van der Waals surface area contributed by atoms with E-state index < -0.39 is 0 Å². The molecule has 0 aromatic rings. The van der Waals surface area contributed by atoms with Crippen molar-refractivity contribution in [3.05, 3.63) is 24.3 Å². The zero-order valence-electron chi connectivity index (χ0n) is 6.39. The third-order valence-corrected chi connectivity index (χ3v) is 1.15. The van der Waals surface area contributed by atoms with Crippen molar-refractivity contribution < 1.29 is 9.53 Å². The summed E-state index contributed by atoms with van der Waals surface area (Å²) in [4.78, 5) is 10.8. The van der Waals surface area contributed by atoms with Crippen molar-refractivity contribution in [2.75, 3.05) is 7.11 Å². The van der Waals surface area contributed by atoms with E-state index in [1.807, 2.05) is 6.92 Å². The van der Waals surface area contributed by atoms with E-state index in [0.717, 1.165) is 0 Å². The molecule has 0 aliphatic heterocycles. The predicted octanol–water partition coefficient (Wildman–Crippen LogP) is 1.68. The minimum Gasteiger partial charge on any atom is -0.466 e. The van der Waals surface area contributed by atoms with Crippen LogP contribution in [-0.2, 0) is 9.53 Å². The summed E-state index contributed by atoms with van der Waals surface area (Å²) in [7, 11) is 1.37. The smallest absolute Gasteiger partial charge is 0.333 e. The molecular weight excluding hydrogens is 128 g/mol. The van der Waals surface area contributed by atoms with Gasteiger partial charge in [0.15, 0.2) is 0 Å². The van der Waals surface area contributed by atoms with Gasteiger partial charge < -0.3 is 4.74 Å². The Bertz CT molecular complexity index is 157. The van der Waals surface area contributed by atoms with Crippen molar-refractivity contribution >= 4 is 5.97 Å². The summed E-state index contributed by atoms with van der Waals surface area (Å²) in [6.45, 7) is 5.38. The van der Waals surface area contributed by atoms with Gasteiger partial charge >= 0.3 is 5.97 Å². The van der Waals surface area contributed by atoms with Crippen LogP contribution in [0.5, 0.6) is 0 Å². The second-order valence-corrected chi connectivity index (χ2v) is 1.77. The molecule has 0 fully saturated rings. The summed E-state index contributed by atoms with van der Waals surface area (Å²) in [6, 6.07) is 0. The first kappa shape index (κ1) is 8.95. The van der Waals surface area contributed by atoms with Crippen molar-refractivity contribution in [1.29, 1.82) is 0 Å². The summed E-state index contributed by atoms with van der Waals surface area (Å²) in [5.41, 5.74) is 0.650. The predicted molar refractivity (Wildman–Crippen MR) is 40.6 cm³/mol. The lowest BCUT2D eigenvalue weighted by molar-refractivity contribution is -0.136. The number of rotatable bonds is 3. The van der Waals surface area contributed by atoms with Crippen LogP contribution >= 0.6 is 0 Å². The highest BCUT2D eigenvalue weighted by Gasteiger charge is 2.03. The third kappa shape index (κ3) is 2.49. The molecule has 0 rings (SSSR count). The highest BCUT2D eigenvalue weighted by molar-refractivity contribution is 5.88. The van der Waals surface area contributed by atoms with Gasteiger partial charge in [0.25, 0.3) is 0 Å². The maximum Gasteiger partial charge on any atom is 0.333 e. The Labute approximate surface area is 61.2 Å². The lowest BCUT2D eigenvalue weighted by Crippen LogP contribution is -2.03. The van der Waals surface area contributed by atoms with Crippen molar-refractivity contribution in [1.82, 2.24) is 0 Å². The van der Waals surface area contributed by atoms with E-state index in [-0.39, 0.29) is 5.97 Å². The first-order chi connectivity index (χ1) is 4.76. The normalized spacial score (nSPS) is 10.8. The number of esters is 1. The van der Waals surface area contributed by atoms with E-state index in [2.05, 4.69) is 11.3 Å². The molecule has 56 valence electrons. The molecule has 2 heteroatoms. The van der Waals surface area contributed by atoms with Crippen LogP contribution in [0.1, 0.15) is 13.3 Å². The third-order valence-electron chi connectivity index (χ3n) is 1.15. The van der Waals surface area contributed by atoms with Gasteiger partial charge in [0, 0.05) is 5.57 Å². The van der Waals surface area contributed by atoms with E-state index >= 15 is 0 Å². The number of carbonyl (C=O) groups excluding carboxylic acids is 1. The van der Waals surface area contributed by atoms with E-state index in [9.17, 15) is 4.79 Å². The second kappa shape index (κ2) is 4.79. The van der Waals surface area contributed by atoms with Gasteiger partial charge in [-0.2, -0.15) is 0 Å². The average molecular weight is 140 g/mol. The summed E-state index contributed by atoms with van der Waals surface area (Å²) < 4.78 is 4.50. The lowest BCUT2D eigenvalue weighted by atomic mass is 10.2. The van der Waals surface area contributed by atoms with Gasteiger partial charge in [-0.1, -0.05) is 25.7 Å². The van der Waals surface area contributed by atoms with Crippen molar-refractivity contribution in [3.63, 3.8) is 0 Å². The first-order valence-corrected chi connectivity index (χ1v) is 3.16. The van der Waals surface area contributed by atoms with Gasteiger partial charge in [0.1, 0.15) is 0 Å². The fraction of sp³-hybridized carbons (Fsp3) is 0.375. The van der Waals surface area contributed by atoms with E-state index in [1.54, 1.807) is 12.2 Å². The van der Waals surface area contributed by atoms with Crippen LogP contribution in [0.15, 0.2) is 24.3 Å². The molecule has 0 atom stereocenters. The molecule has 0 saturated heterocycles. The molecule has 0 aliphatic carbocycles. The Morgan fingerprint density at radius 2 is 2.30 bits per heavy atom. The molecule has 0 radical (unpaired) electrons. The molecule has 0 aromatic carbocycles. The van der Waals surface area contributed by atoms with Crippen LogP contribution < -0.4 is 0 Å². The zero-order chi connectivity index (χ0) is 7.98. The van der Waals surface area contributed by atoms with Gasteiger partial charge in [-0.25, -0.2) is 4.79 Å². The van der Waals surface area contributed by atoms with Crippen LogP contribution in [0.3, 0.4) is 0 Å². The maximum absolute atomic E-state index is 10.8. The van der Waals surface area contributed by atoms with Gasteiger partial charge in [-0.05, 0) is 6.42 Å². The maximum atomic E-state index is 10.8. The quantitative estimate of drug-likeness (QED) is 0.338. The van der Waals surface area contributed by atoms with Gasteiger partial charge in [-0.15, -0.1) is 0 Å². The van der Waals surface area contributed by atoms with Crippen LogP contribution in [0, 0.1) is 0 Å². The number of hydrogen-bond donors (Lipinski definition) is 0. The van der Waals surface area contributed by atoms with E-state index in [4.69, 9.17) is 0 Å². The molecule has 0 heterocycles. The monoisotopic (exact) mass is 140 g/mol. The Kier molecular flexibility index (Phi) is 4.29. The number of carbonyl (C=O) groups is 1. The van der Waals surface area contributed by atoms with Crippen LogP contribution in [0.25, 0.3) is 0 Å². The molecule has 0 bridgehead atoms. The van der Waals surface area contributed by atoms with Crippen LogP contribution in [-0.4, -0.2) is 13.1 Å². The molecule has 10 heavy (non-hydrogen) atoms. The van der Waals surface area contributed by atoms with Crippen molar-refractivity contribution in [2.24, 2.45) is 0 Å². The molecule has 0 N–H and O–H groups in total. The summed E-state index contributed by atoms with van der Waals surface area (Å²) in [5.74, 6) is -0.276. The van der Waals surface area contributed by atoms with Crippen LogP contribution in [0.2, 0.25) is 0 Å². The topological polar surface area (TPSA) is 26.3 Å². The van der Waals surface area contributed by atoms with Gasteiger partial charge in [0.2, 0.25) is 0 Å². The largest absolute Gasteiger partial charge is 0.466 e. The molecule has 0 spiro atoms. The van der Waals surface area contributed by atoms with Gasteiger partial charge in [-0.3, -0.25) is 0 Å². The summed E-state index contributed by atoms with van der Waals surface area (Å²) in [5, 5.41) is 0. The summed E-state index contributed by atoms with van der Waals surface area (Å²) in [6.07, 6.45) is 3.92.